The van der Waals surface area contributed by atoms with Gasteiger partial charge in [0.05, 0.1) is 18.9 Å². The van der Waals surface area contributed by atoms with E-state index in [0.717, 1.165) is 32.1 Å². The maximum Gasteiger partial charge on any atom is 0.180 e. The number of benzene rings is 1. The molecule has 1 heterocycles. The molecule has 2 N–H and O–H groups in total. The predicted molar refractivity (Wildman–Crippen MR) is 86.7 cm³/mol. The van der Waals surface area contributed by atoms with Crippen LogP contribution in [0.25, 0.3) is 11.3 Å². The number of aromatic nitrogens is 1. The standard InChI is InChI=1S/C14H17BrN2O2S/c1-4-18-11-6-9(10(15)7-12(11)19-5-2)13-8(3)20-14(16)17-13/h6-7H,4-5H2,1-3H3,(H2,16,17). The average Bonchev–Trinajstić information content (AvgIpc) is 2.72. The van der Waals surface area contributed by atoms with Crippen LogP contribution in [0.2, 0.25) is 0 Å². The van der Waals surface area contributed by atoms with Crippen LogP contribution in [0.5, 0.6) is 11.5 Å². The number of aryl methyl sites for hydroxylation is 1. The first-order valence-electron chi connectivity index (χ1n) is 6.39. The number of anilines is 1. The van der Waals surface area contributed by atoms with Crippen LogP contribution in [0, 0.1) is 6.92 Å². The van der Waals surface area contributed by atoms with Gasteiger partial charge in [-0.1, -0.05) is 0 Å². The summed E-state index contributed by atoms with van der Waals surface area (Å²) < 4.78 is 12.2. The smallest absolute Gasteiger partial charge is 0.180 e. The number of nitrogens with two attached hydrogens (primary N) is 1. The van der Waals surface area contributed by atoms with Gasteiger partial charge in [0.15, 0.2) is 16.6 Å². The van der Waals surface area contributed by atoms with Gasteiger partial charge < -0.3 is 15.2 Å². The Morgan fingerprint density at radius 1 is 1.20 bits per heavy atom. The van der Waals surface area contributed by atoms with E-state index in [1.165, 1.54) is 11.3 Å². The van der Waals surface area contributed by atoms with Crippen molar-refractivity contribution in [2.75, 3.05) is 18.9 Å². The first kappa shape index (κ1) is 15.1. The van der Waals surface area contributed by atoms with Crippen LogP contribution < -0.4 is 15.2 Å². The molecule has 0 spiro atoms. The number of nitrogen functional groups attached to an aromatic ring is 1. The van der Waals surface area contributed by atoms with Gasteiger partial charge >= 0.3 is 0 Å². The Bertz CT molecular complexity index is 613. The lowest BCUT2D eigenvalue weighted by Gasteiger charge is -2.13. The lowest BCUT2D eigenvalue weighted by molar-refractivity contribution is 0.287. The maximum atomic E-state index is 5.78. The summed E-state index contributed by atoms with van der Waals surface area (Å²) in [5, 5.41) is 0.566. The lowest BCUT2D eigenvalue weighted by atomic mass is 10.1. The van der Waals surface area contributed by atoms with E-state index in [4.69, 9.17) is 15.2 Å². The van der Waals surface area contributed by atoms with Crippen LogP contribution in [-0.2, 0) is 0 Å². The first-order chi connectivity index (χ1) is 9.56. The Morgan fingerprint density at radius 2 is 1.80 bits per heavy atom. The fourth-order valence-corrected chi connectivity index (χ4v) is 3.13. The fraction of sp³-hybridized carbons (Fsp3) is 0.357. The monoisotopic (exact) mass is 356 g/mol. The van der Waals surface area contributed by atoms with E-state index in [0.29, 0.717) is 18.3 Å². The zero-order valence-electron chi connectivity index (χ0n) is 11.7. The summed E-state index contributed by atoms with van der Waals surface area (Å²) in [6.07, 6.45) is 0. The Hall–Kier alpha value is -1.27. The minimum atomic E-state index is 0.566. The summed E-state index contributed by atoms with van der Waals surface area (Å²) in [5.74, 6) is 1.45. The van der Waals surface area contributed by atoms with Crippen molar-refractivity contribution in [2.45, 2.75) is 20.8 Å². The van der Waals surface area contributed by atoms with Gasteiger partial charge in [-0.15, -0.1) is 11.3 Å². The summed E-state index contributed by atoms with van der Waals surface area (Å²) in [6, 6.07) is 3.86. The van der Waals surface area contributed by atoms with Crippen molar-refractivity contribution in [1.82, 2.24) is 4.98 Å². The third-order valence-corrected chi connectivity index (χ3v) is 4.16. The van der Waals surface area contributed by atoms with Gasteiger partial charge in [-0.25, -0.2) is 4.98 Å². The van der Waals surface area contributed by atoms with Crippen LogP contribution in [0.4, 0.5) is 5.13 Å². The topological polar surface area (TPSA) is 57.4 Å². The molecular weight excluding hydrogens is 340 g/mol. The lowest BCUT2D eigenvalue weighted by Crippen LogP contribution is -1.99. The second kappa shape index (κ2) is 6.45. The number of hydrogen-bond acceptors (Lipinski definition) is 5. The van der Waals surface area contributed by atoms with E-state index < -0.39 is 0 Å². The van der Waals surface area contributed by atoms with E-state index in [1.807, 2.05) is 32.9 Å². The molecule has 0 radical (unpaired) electrons. The molecular formula is C14H17BrN2O2S. The molecule has 0 fully saturated rings. The molecule has 0 saturated carbocycles. The predicted octanol–water partition coefficient (Wildman–Crippen LogP) is 4.26. The molecule has 0 aliphatic carbocycles. The largest absolute Gasteiger partial charge is 0.490 e. The van der Waals surface area contributed by atoms with Gasteiger partial charge in [-0.05, 0) is 48.8 Å². The molecule has 1 aromatic heterocycles. The molecule has 0 atom stereocenters. The van der Waals surface area contributed by atoms with Crippen LogP contribution in [0.3, 0.4) is 0 Å². The molecule has 0 aliphatic heterocycles. The Morgan fingerprint density at radius 3 is 2.30 bits per heavy atom. The Kier molecular flexibility index (Phi) is 4.88. The molecule has 0 bridgehead atoms. The minimum absolute atomic E-state index is 0.566. The Labute approximate surface area is 131 Å². The molecule has 20 heavy (non-hydrogen) atoms. The summed E-state index contributed by atoms with van der Waals surface area (Å²) in [6.45, 7) is 7.08. The van der Waals surface area contributed by atoms with Crippen LogP contribution in [0.15, 0.2) is 16.6 Å². The highest BCUT2D eigenvalue weighted by Crippen LogP contribution is 2.40. The molecule has 1 aromatic carbocycles. The molecule has 0 unspecified atom stereocenters. The van der Waals surface area contributed by atoms with Crippen molar-refractivity contribution in [3.63, 3.8) is 0 Å². The number of nitrogens with zero attached hydrogens (tertiary/aromatic N) is 1. The van der Waals surface area contributed by atoms with Gasteiger partial charge in [0.1, 0.15) is 0 Å². The second-order valence-electron chi connectivity index (χ2n) is 4.10. The van der Waals surface area contributed by atoms with Gasteiger partial charge in [0.25, 0.3) is 0 Å². The zero-order chi connectivity index (χ0) is 14.7. The average molecular weight is 357 g/mol. The zero-order valence-corrected chi connectivity index (χ0v) is 14.1. The van der Waals surface area contributed by atoms with Crippen molar-refractivity contribution < 1.29 is 9.47 Å². The quantitative estimate of drug-likeness (QED) is 0.869. The molecule has 4 nitrogen and oxygen atoms in total. The highest BCUT2D eigenvalue weighted by Gasteiger charge is 2.16. The number of rotatable bonds is 5. The van der Waals surface area contributed by atoms with Crippen LogP contribution in [-0.4, -0.2) is 18.2 Å². The van der Waals surface area contributed by atoms with E-state index in [-0.39, 0.29) is 0 Å². The third kappa shape index (κ3) is 3.07. The normalized spacial score (nSPS) is 10.6. The number of thiazole rings is 1. The minimum Gasteiger partial charge on any atom is -0.490 e. The van der Waals surface area contributed by atoms with Gasteiger partial charge in [-0.3, -0.25) is 0 Å². The molecule has 6 heteroatoms. The summed E-state index contributed by atoms with van der Waals surface area (Å²) >= 11 is 5.05. The van der Waals surface area contributed by atoms with Gasteiger partial charge in [0, 0.05) is 14.9 Å². The summed E-state index contributed by atoms with van der Waals surface area (Å²) in [5.41, 5.74) is 7.62. The van der Waals surface area contributed by atoms with E-state index >= 15 is 0 Å². The number of hydrogen-bond donors (Lipinski definition) is 1. The first-order valence-corrected chi connectivity index (χ1v) is 8.00. The van der Waals surface area contributed by atoms with Crippen molar-refractivity contribution >= 4 is 32.4 Å². The molecule has 0 amide bonds. The molecule has 108 valence electrons. The summed E-state index contributed by atoms with van der Waals surface area (Å²) in [7, 11) is 0. The number of halogens is 1. The van der Waals surface area contributed by atoms with Crippen molar-refractivity contribution in [3.05, 3.63) is 21.5 Å². The van der Waals surface area contributed by atoms with E-state index in [9.17, 15) is 0 Å². The maximum absolute atomic E-state index is 5.78. The molecule has 2 aromatic rings. The van der Waals surface area contributed by atoms with Crippen LogP contribution in [0.1, 0.15) is 18.7 Å². The fourth-order valence-electron chi connectivity index (χ4n) is 1.92. The highest BCUT2D eigenvalue weighted by atomic mass is 79.9. The van der Waals surface area contributed by atoms with Crippen molar-refractivity contribution in [2.24, 2.45) is 0 Å². The molecule has 0 aliphatic rings. The van der Waals surface area contributed by atoms with Gasteiger partial charge in [0.2, 0.25) is 0 Å². The number of ether oxygens (including phenoxy) is 2. The van der Waals surface area contributed by atoms with E-state index in [1.54, 1.807) is 0 Å². The van der Waals surface area contributed by atoms with Crippen molar-refractivity contribution in [3.8, 4) is 22.8 Å². The molecule has 0 saturated heterocycles. The highest BCUT2D eigenvalue weighted by molar-refractivity contribution is 9.10. The third-order valence-electron chi connectivity index (χ3n) is 2.70. The second-order valence-corrected chi connectivity index (χ2v) is 6.19. The van der Waals surface area contributed by atoms with E-state index in [2.05, 4.69) is 20.9 Å². The molecule has 2 rings (SSSR count). The van der Waals surface area contributed by atoms with Crippen molar-refractivity contribution in [1.29, 1.82) is 0 Å². The summed E-state index contributed by atoms with van der Waals surface area (Å²) in [4.78, 5) is 5.47. The SMILES string of the molecule is CCOc1cc(Br)c(-c2nc(N)sc2C)cc1OCC. The Balaban J connectivity index is 2.53. The van der Waals surface area contributed by atoms with Crippen LogP contribution >= 0.6 is 27.3 Å². The van der Waals surface area contributed by atoms with Gasteiger partial charge in [-0.2, -0.15) is 0 Å².